The Morgan fingerprint density at radius 1 is 1.28 bits per heavy atom. The van der Waals surface area contributed by atoms with Crippen molar-refractivity contribution >= 4 is 16.8 Å². The van der Waals surface area contributed by atoms with E-state index in [2.05, 4.69) is 34.3 Å². The van der Waals surface area contributed by atoms with Crippen LogP contribution in [0.15, 0.2) is 48.8 Å². The number of piperidine rings is 1. The highest BCUT2D eigenvalue weighted by Gasteiger charge is 2.25. The van der Waals surface area contributed by atoms with Crippen molar-refractivity contribution in [2.75, 3.05) is 13.1 Å². The van der Waals surface area contributed by atoms with Gasteiger partial charge in [0.25, 0.3) is 5.91 Å². The van der Waals surface area contributed by atoms with Gasteiger partial charge < -0.3 is 4.90 Å². The molecule has 3 heterocycles. The molecular formula is C20H22N4O. The molecule has 25 heavy (non-hydrogen) atoms. The van der Waals surface area contributed by atoms with E-state index in [1.165, 1.54) is 10.9 Å². The maximum atomic E-state index is 12.6. The fourth-order valence-corrected chi connectivity index (χ4v) is 3.69. The fraction of sp³-hybridized carbons (Fsp3) is 0.350. The Labute approximate surface area is 147 Å². The number of amides is 1. The lowest BCUT2D eigenvalue weighted by atomic mass is 9.90. The molecule has 4 rings (SSSR count). The van der Waals surface area contributed by atoms with Crippen molar-refractivity contribution in [3.05, 3.63) is 60.0 Å². The molecule has 5 nitrogen and oxygen atoms in total. The van der Waals surface area contributed by atoms with E-state index in [-0.39, 0.29) is 5.91 Å². The van der Waals surface area contributed by atoms with Crippen LogP contribution in [0, 0.1) is 5.92 Å². The second-order valence-electron chi connectivity index (χ2n) is 6.87. The second-order valence-corrected chi connectivity index (χ2v) is 6.87. The summed E-state index contributed by atoms with van der Waals surface area (Å²) in [7, 11) is 1.84. The smallest absolute Gasteiger partial charge is 0.274 e. The van der Waals surface area contributed by atoms with Crippen molar-refractivity contribution < 1.29 is 4.79 Å². The first-order valence-electron chi connectivity index (χ1n) is 8.81. The molecule has 0 unspecified atom stereocenters. The van der Waals surface area contributed by atoms with E-state index in [4.69, 9.17) is 0 Å². The number of aromatic nitrogens is 3. The molecular weight excluding hydrogens is 312 g/mol. The summed E-state index contributed by atoms with van der Waals surface area (Å²) in [5.41, 5.74) is 2.89. The quantitative estimate of drug-likeness (QED) is 0.740. The summed E-state index contributed by atoms with van der Waals surface area (Å²) in [5.74, 6) is 0.545. The van der Waals surface area contributed by atoms with E-state index in [0.29, 0.717) is 11.6 Å². The molecule has 1 saturated heterocycles. The summed E-state index contributed by atoms with van der Waals surface area (Å²) in [5, 5.41) is 5.43. The van der Waals surface area contributed by atoms with Crippen LogP contribution in [0.5, 0.6) is 0 Å². The molecule has 1 amide bonds. The molecule has 1 fully saturated rings. The molecule has 1 aliphatic heterocycles. The molecule has 0 spiro atoms. The standard InChI is InChI=1S/C20H22N4O/c1-23-11-8-19(22-23)20(25)24-10-3-4-16(14-24)12-15-6-7-18-17(13-15)5-2-9-21-18/h2,5-9,11,13,16H,3-4,10,12,14H2,1H3/t16-/m1/s1. The number of carbonyl (C=O) groups excluding carboxylic acids is 1. The van der Waals surface area contributed by atoms with Gasteiger partial charge in [-0.15, -0.1) is 0 Å². The van der Waals surface area contributed by atoms with Gasteiger partial charge in [0.15, 0.2) is 0 Å². The van der Waals surface area contributed by atoms with Crippen LogP contribution in [0.4, 0.5) is 0 Å². The van der Waals surface area contributed by atoms with Gasteiger partial charge in [0.05, 0.1) is 5.52 Å². The van der Waals surface area contributed by atoms with Crippen LogP contribution in [-0.2, 0) is 13.5 Å². The number of aryl methyl sites for hydroxylation is 1. The molecule has 2 aromatic heterocycles. The summed E-state index contributed by atoms with van der Waals surface area (Å²) < 4.78 is 1.68. The number of nitrogens with zero attached hydrogens (tertiary/aromatic N) is 4. The SMILES string of the molecule is Cn1ccc(C(=O)N2CCC[C@H](Cc3ccc4ncccc4c3)C2)n1. The van der Waals surface area contributed by atoms with E-state index < -0.39 is 0 Å². The Bertz CT molecular complexity index is 901. The number of pyridine rings is 1. The lowest BCUT2D eigenvalue weighted by Crippen LogP contribution is -2.40. The van der Waals surface area contributed by atoms with Crippen LogP contribution < -0.4 is 0 Å². The molecule has 3 aromatic rings. The Morgan fingerprint density at radius 3 is 3.04 bits per heavy atom. The first kappa shape index (κ1) is 15.8. The van der Waals surface area contributed by atoms with Gasteiger partial charge in [0, 0.05) is 37.9 Å². The molecule has 0 bridgehead atoms. The number of hydrogen-bond acceptors (Lipinski definition) is 3. The maximum absolute atomic E-state index is 12.6. The van der Waals surface area contributed by atoms with Gasteiger partial charge in [-0.2, -0.15) is 5.10 Å². The van der Waals surface area contributed by atoms with Crippen LogP contribution in [0.1, 0.15) is 28.9 Å². The van der Waals surface area contributed by atoms with Gasteiger partial charge in [0.2, 0.25) is 0 Å². The zero-order chi connectivity index (χ0) is 17.2. The summed E-state index contributed by atoms with van der Waals surface area (Å²) in [4.78, 5) is 19.0. The summed E-state index contributed by atoms with van der Waals surface area (Å²) in [6, 6.07) is 12.3. The topological polar surface area (TPSA) is 51.0 Å². The number of benzene rings is 1. The van der Waals surface area contributed by atoms with E-state index in [0.717, 1.165) is 37.9 Å². The van der Waals surface area contributed by atoms with Gasteiger partial charge in [-0.1, -0.05) is 12.1 Å². The van der Waals surface area contributed by atoms with Crippen LogP contribution in [-0.4, -0.2) is 38.7 Å². The van der Waals surface area contributed by atoms with Gasteiger partial charge in [-0.05, 0) is 55.0 Å². The van der Waals surface area contributed by atoms with Crippen LogP contribution >= 0.6 is 0 Å². The lowest BCUT2D eigenvalue weighted by molar-refractivity contribution is 0.0666. The maximum Gasteiger partial charge on any atom is 0.274 e. The van der Waals surface area contributed by atoms with Gasteiger partial charge in [-0.3, -0.25) is 14.5 Å². The second kappa shape index (κ2) is 6.67. The van der Waals surface area contributed by atoms with Gasteiger partial charge in [0.1, 0.15) is 5.69 Å². The highest BCUT2D eigenvalue weighted by atomic mass is 16.2. The largest absolute Gasteiger partial charge is 0.337 e. The van der Waals surface area contributed by atoms with Crippen molar-refractivity contribution in [2.45, 2.75) is 19.3 Å². The summed E-state index contributed by atoms with van der Waals surface area (Å²) in [6.07, 6.45) is 6.86. The number of rotatable bonds is 3. The molecule has 128 valence electrons. The Morgan fingerprint density at radius 2 is 2.20 bits per heavy atom. The van der Waals surface area contributed by atoms with Gasteiger partial charge >= 0.3 is 0 Å². The molecule has 1 aliphatic rings. The van der Waals surface area contributed by atoms with E-state index in [1.54, 1.807) is 10.7 Å². The predicted octanol–water partition coefficient (Wildman–Crippen LogP) is 3.06. The molecule has 1 aromatic carbocycles. The van der Waals surface area contributed by atoms with Crippen molar-refractivity contribution in [3.8, 4) is 0 Å². The van der Waals surface area contributed by atoms with Crippen molar-refractivity contribution in [1.82, 2.24) is 19.7 Å². The zero-order valence-electron chi connectivity index (χ0n) is 14.4. The number of fused-ring (bicyclic) bond motifs is 1. The zero-order valence-corrected chi connectivity index (χ0v) is 14.4. The highest BCUT2D eigenvalue weighted by molar-refractivity contribution is 5.92. The third kappa shape index (κ3) is 3.40. The van der Waals surface area contributed by atoms with Gasteiger partial charge in [-0.25, -0.2) is 0 Å². The summed E-state index contributed by atoms with van der Waals surface area (Å²) in [6.45, 7) is 1.63. The monoisotopic (exact) mass is 334 g/mol. The van der Waals surface area contributed by atoms with Crippen LogP contribution in [0.25, 0.3) is 10.9 Å². The molecule has 0 aliphatic carbocycles. The summed E-state index contributed by atoms with van der Waals surface area (Å²) >= 11 is 0. The fourth-order valence-electron chi connectivity index (χ4n) is 3.69. The van der Waals surface area contributed by atoms with E-state index in [1.807, 2.05) is 30.4 Å². The highest BCUT2D eigenvalue weighted by Crippen LogP contribution is 2.23. The van der Waals surface area contributed by atoms with Crippen molar-refractivity contribution in [3.63, 3.8) is 0 Å². The molecule has 0 saturated carbocycles. The lowest BCUT2D eigenvalue weighted by Gasteiger charge is -2.32. The molecule has 0 N–H and O–H groups in total. The average Bonchev–Trinajstić information content (AvgIpc) is 3.07. The first-order valence-corrected chi connectivity index (χ1v) is 8.81. The molecule has 0 radical (unpaired) electrons. The predicted molar refractivity (Wildman–Crippen MR) is 97.3 cm³/mol. The van der Waals surface area contributed by atoms with Crippen LogP contribution in [0.2, 0.25) is 0 Å². The third-order valence-corrected chi connectivity index (χ3v) is 4.93. The Balaban J connectivity index is 1.46. The van der Waals surface area contributed by atoms with E-state index >= 15 is 0 Å². The number of hydrogen-bond donors (Lipinski definition) is 0. The first-order chi connectivity index (χ1) is 12.2. The third-order valence-electron chi connectivity index (χ3n) is 4.93. The normalized spacial score (nSPS) is 17.8. The van der Waals surface area contributed by atoms with Crippen molar-refractivity contribution in [2.24, 2.45) is 13.0 Å². The average molecular weight is 334 g/mol. The Hall–Kier alpha value is -2.69. The number of carbonyl (C=O) groups is 1. The Kier molecular flexibility index (Phi) is 4.22. The van der Waals surface area contributed by atoms with E-state index in [9.17, 15) is 4.79 Å². The van der Waals surface area contributed by atoms with Crippen LogP contribution in [0.3, 0.4) is 0 Å². The molecule has 1 atom stereocenters. The minimum atomic E-state index is 0.0491. The number of likely N-dealkylation sites (tertiary alicyclic amines) is 1. The minimum absolute atomic E-state index is 0.0491. The van der Waals surface area contributed by atoms with Crippen molar-refractivity contribution in [1.29, 1.82) is 0 Å². The molecule has 5 heteroatoms. The minimum Gasteiger partial charge on any atom is -0.337 e.